The van der Waals surface area contributed by atoms with Gasteiger partial charge in [-0.25, -0.2) is 0 Å². The van der Waals surface area contributed by atoms with Crippen LogP contribution < -0.4 is 14.8 Å². The van der Waals surface area contributed by atoms with Crippen molar-refractivity contribution >= 4 is 12.4 Å². The minimum Gasteiger partial charge on any atom is -0.493 e. The van der Waals surface area contributed by atoms with Gasteiger partial charge in [0.25, 0.3) is 0 Å². The van der Waals surface area contributed by atoms with Crippen molar-refractivity contribution in [2.45, 2.75) is 20.0 Å². The summed E-state index contributed by atoms with van der Waals surface area (Å²) in [6, 6.07) is 16.4. The molecule has 3 nitrogen and oxygen atoms in total. The Morgan fingerprint density at radius 3 is 2.29 bits per heavy atom. The van der Waals surface area contributed by atoms with Gasteiger partial charge in [-0.05, 0) is 30.2 Å². The molecular formula is C17H22ClNO2. The molecule has 2 aromatic carbocycles. The van der Waals surface area contributed by atoms with E-state index in [0.717, 1.165) is 24.6 Å². The van der Waals surface area contributed by atoms with Gasteiger partial charge in [-0.3, -0.25) is 0 Å². The van der Waals surface area contributed by atoms with E-state index in [2.05, 4.69) is 35.6 Å². The fraction of sp³-hybridized carbons (Fsp3) is 0.294. The summed E-state index contributed by atoms with van der Waals surface area (Å²) in [5.41, 5.74) is 2.46. The highest BCUT2D eigenvalue weighted by Crippen LogP contribution is 2.27. The quantitative estimate of drug-likeness (QED) is 0.844. The number of ether oxygens (including phenoxy) is 2. The lowest BCUT2D eigenvalue weighted by atomic mass is 10.2. The summed E-state index contributed by atoms with van der Waals surface area (Å²) in [4.78, 5) is 0. The van der Waals surface area contributed by atoms with Crippen molar-refractivity contribution < 1.29 is 9.47 Å². The predicted molar refractivity (Wildman–Crippen MR) is 88.4 cm³/mol. The van der Waals surface area contributed by atoms with Crippen LogP contribution in [0.1, 0.15) is 18.1 Å². The van der Waals surface area contributed by atoms with E-state index in [0.29, 0.717) is 6.61 Å². The van der Waals surface area contributed by atoms with Gasteiger partial charge in [0.05, 0.1) is 13.7 Å². The first-order valence-electron chi connectivity index (χ1n) is 6.88. The van der Waals surface area contributed by atoms with Crippen LogP contribution in [0.5, 0.6) is 11.5 Å². The van der Waals surface area contributed by atoms with Gasteiger partial charge in [-0.2, -0.15) is 0 Å². The lowest BCUT2D eigenvalue weighted by Crippen LogP contribution is -2.12. The van der Waals surface area contributed by atoms with Crippen LogP contribution in [-0.4, -0.2) is 13.7 Å². The lowest BCUT2D eigenvalue weighted by molar-refractivity contribution is 0.310. The lowest BCUT2D eigenvalue weighted by Gasteiger charge is -2.11. The molecule has 0 aromatic heterocycles. The fourth-order valence-corrected chi connectivity index (χ4v) is 2.04. The normalized spacial score (nSPS) is 9.81. The van der Waals surface area contributed by atoms with Crippen molar-refractivity contribution in [3.8, 4) is 11.5 Å². The van der Waals surface area contributed by atoms with Gasteiger partial charge < -0.3 is 14.8 Å². The van der Waals surface area contributed by atoms with Gasteiger partial charge in [-0.1, -0.05) is 36.4 Å². The van der Waals surface area contributed by atoms with E-state index in [1.54, 1.807) is 7.11 Å². The molecule has 0 amide bonds. The van der Waals surface area contributed by atoms with Crippen molar-refractivity contribution in [2.24, 2.45) is 0 Å². The number of hydrogen-bond donors (Lipinski definition) is 1. The number of nitrogens with one attached hydrogen (secondary N) is 1. The number of rotatable bonds is 7. The van der Waals surface area contributed by atoms with E-state index >= 15 is 0 Å². The first-order chi connectivity index (χ1) is 9.83. The smallest absolute Gasteiger partial charge is 0.161 e. The molecule has 2 rings (SSSR count). The van der Waals surface area contributed by atoms with Crippen molar-refractivity contribution in [3.05, 3.63) is 59.7 Å². The van der Waals surface area contributed by atoms with Gasteiger partial charge in [0, 0.05) is 13.1 Å². The summed E-state index contributed by atoms with van der Waals surface area (Å²) >= 11 is 0. The summed E-state index contributed by atoms with van der Waals surface area (Å²) in [5.74, 6) is 1.58. The molecule has 0 heterocycles. The highest BCUT2D eigenvalue weighted by atomic mass is 35.5. The van der Waals surface area contributed by atoms with Crippen LogP contribution in [0.3, 0.4) is 0 Å². The summed E-state index contributed by atoms with van der Waals surface area (Å²) in [5, 5.41) is 3.42. The van der Waals surface area contributed by atoms with Gasteiger partial charge in [0.2, 0.25) is 0 Å². The molecule has 21 heavy (non-hydrogen) atoms. The van der Waals surface area contributed by atoms with Crippen LogP contribution in [0.4, 0.5) is 0 Å². The molecule has 4 heteroatoms. The first-order valence-corrected chi connectivity index (χ1v) is 6.88. The molecule has 0 aliphatic rings. The Hall–Kier alpha value is -1.71. The first kappa shape index (κ1) is 17.3. The Kier molecular flexibility index (Phi) is 7.65. The number of benzene rings is 2. The summed E-state index contributed by atoms with van der Waals surface area (Å²) in [7, 11) is 1.67. The maximum atomic E-state index is 5.51. The van der Waals surface area contributed by atoms with E-state index in [-0.39, 0.29) is 12.4 Å². The Morgan fingerprint density at radius 2 is 1.62 bits per heavy atom. The molecule has 0 atom stereocenters. The highest BCUT2D eigenvalue weighted by Gasteiger charge is 2.04. The molecule has 0 fully saturated rings. The second-order valence-corrected chi connectivity index (χ2v) is 4.51. The zero-order valence-electron chi connectivity index (χ0n) is 12.5. The SMILES string of the molecule is CCOc1ccc(CNCc2ccccc2)cc1OC.Cl. The summed E-state index contributed by atoms with van der Waals surface area (Å²) in [6.07, 6.45) is 0. The van der Waals surface area contributed by atoms with Crippen LogP contribution in [0.2, 0.25) is 0 Å². The molecule has 0 saturated carbocycles. The van der Waals surface area contributed by atoms with E-state index < -0.39 is 0 Å². The van der Waals surface area contributed by atoms with Crippen molar-refractivity contribution in [1.82, 2.24) is 5.32 Å². The second kappa shape index (κ2) is 9.27. The minimum absolute atomic E-state index is 0. The van der Waals surface area contributed by atoms with Gasteiger partial charge >= 0.3 is 0 Å². The van der Waals surface area contributed by atoms with E-state index in [9.17, 15) is 0 Å². The van der Waals surface area contributed by atoms with E-state index in [4.69, 9.17) is 9.47 Å². The van der Waals surface area contributed by atoms with E-state index in [1.807, 2.05) is 25.1 Å². The Labute approximate surface area is 132 Å². The predicted octanol–water partition coefficient (Wildman–Crippen LogP) is 3.81. The average Bonchev–Trinajstić information content (AvgIpc) is 2.50. The fourth-order valence-electron chi connectivity index (χ4n) is 2.04. The Morgan fingerprint density at radius 1 is 0.905 bits per heavy atom. The zero-order valence-corrected chi connectivity index (χ0v) is 13.3. The van der Waals surface area contributed by atoms with Crippen molar-refractivity contribution in [3.63, 3.8) is 0 Å². The third kappa shape index (κ3) is 5.29. The maximum absolute atomic E-state index is 5.51. The van der Waals surface area contributed by atoms with Crippen LogP contribution in [0.25, 0.3) is 0 Å². The van der Waals surface area contributed by atoms with Crippen LogP contribution >= 0.6 is 12.4 Å². The van der Waals surface area contributed by atoms with Gasteiger partial charge in [0.15, 0.2) is 11.5 Å². The largest absolute Gasteiger partial charge is 0.493 e. The Balaban J connectivity index is 0.00000220. The standard InChI is InChI=1S/C17H21NO2.ClH/c1-3-20-16-10-9-15(11-17(16)19-2)13-18-12-14-7-5-4-6-8-14;/h4-11,18H,3,12-13H2,1-2H3;1H. The summed E-state index contributed by atoms with van der Waals surface area (Å²) in [6.45, 7) is 4.27. The minimum atomic E-state index is 0. The topological polar surface area (TPSA) is 30.5 Å². The third-order valence-corrected chi connectivity index (χ3v) is 3.03. The second-order valence-electron chi connectivity index (χ2n) is 4.51. The molecule has 2 aromatic rings. The zero-order chi connectivity index (χ0) is 14.2. The van der Waals surface area contributed by atoms with Crippen LogP contribution in [0.15, 0.2) is 48.5 Å². The maximum Gasteiger partial charge on any atom is 0.161 e. The molecule has 0 aliphatic carbocycles. The number of methoxy groups -OCH3 is 1. The highest BCUT2D eigenvalue weighted by molar-refractivity contribution is 5.85. The molecule has 0 saturated heterocycles. The molecule has 114 valence electrons. The van der Waals surface area contributed by atoms with Crippen LogP contribution in [-0.2, 0) is 13.1 Å². The molecule has 1 N–H and O–H groups in total. The van der Waals surface area contributed by atoms with Gasteiger partial charge in [-0.15, -0.1) is 12.4 Å². The molecule has 0 spiro atoms. The summed E-state index contributed by atoms with van der Waals surface area (Å²) < 4.78 is 10.9. The van der Waals surface area contributed by atoms with Gasteiger partial charge in [0.1, 0.15) is 0 Å². The molecule has 0 bridgehead atoms. The molecule has 0 unspecified atom stereocenters. The van der Waals surface area contributed by atoms with Crippen molar-refractivity contribution in [1.29, 1.82) is 0 Å². The Bertz CT molecular complexity index is 532. The average molecular weight is 308 g/mol. The molecule has 0 aliphatic heterocycles. The van der Waals surface area contributed by atoms with Crippen molar-refractivity contribution in [2.75, 3.05) is 13.7 Å². The van der Waals surface area contributed by atoms with Crippen LogP contribution in [0, 0.1) is 0 Å². The van der Waals surface area contributed by atoms with E-state index in [1.165, 1.54) is 11.1 Å². The molecular weight excluding hydrogens is 286 g/mol. The number of hydrogen-bond acceptors (Lipinski definition) is 3. The third-order valence-electron chi connectivity index (χ3n) is 3.03. The molecule has 0 radical (unpaired) electrons. The number of halogens is 1. The monoisotopic (exact) mass is 307 g/mol.